The van der Waals surface area contributed by atoms with E-state index >= 15 is 0 Å². The second-order valence-corrected chi connectivity index (χ2v) is 6.86. The van der Waals surface area contributed by atoms with Crippen molar-refractivity contribution in [3.05, 3.63) is 12.2 Å². The van der Waals surface area contributed by atoms with Gasteiger partial charge in [0.25, 0.3) is 0 Å². The highest BCUT2D eigenvalue weighted by molar-refractivity contribution is 5.85. The molecule has 0 N–H and O–H groups in total. The Hall–Kier alpha value is -0.590. The predicted octanol–water partition coefficient (Wildman–Crippen LogP) is 3.59. The average molecular weight is 218 g/mol. The van der Waals surface area contributed by atoms with Crippen LogP contribution in [0.1, 0.15) is 46.5 Å². The topological polar surface area (TPSA) is 17.1 Å². The Morgan fingerprint density at radius 1 is 1.38 bits per heavy atom. The standard InChI is InChI=1S/C15H22O/c1-9-12-7-13(16)10(2)15(12)6-5-11(8-15)14(9,3)4/h10-12H,1,5-8H2,2-4H3. The third-order valence-corrected chi connectivity index (χ3v) is 6.30. The van der Waals surface area contributed by atoms with Crippen molar-refractivity contribution >= 4 is 5.78 Å². The van der Waals surface area contributed by atoms with E-state index in [1.165, 1.54) is 24.8 Å². The quantitative estimate of drug-likeness (QED) is 0.568. The van der Waals surface area contributed by atoms with E-state index in [0.717, 1.165) is 12.3 Å². The SMILES string of the molecule is C=C1C2CC(=O)C(C)C23CCC(C3)C1(C)C. The molecular formula is C15H22O. The minimum absolute atomic E-state index is 0.259. The molecule has 16 heavy (non-hydrogen) atoms. The fourth-order valence-electron chi connectivity index (χ4n) is 4.82. The van der Waals surface area contributed by atoms with Crippen LogP contribution in [0.5, 0.6) is 0 Å². The summed E-state index contributed by atoms with van der Waals surface area (Å²) in [5.74, 6) is 2.04. The second kappa shape index (κ2) is 2.80. The van der Waals surface area contributed by atoms with E-state index in [0.29, 0.717) is 17.1 Å². The van der Waals surface area contributed by atoms with Gasteiger partial charge in [-0.2, -0.15) is 0 Å². The van der Waals surface area contributed by atoms with E-state index < -0.39 is 0 Å². The van der Waals surface area contributed by atoms with Crippen molar-refractivity contribution in [3.63, 3.8) is 0 Å². The van der Waals surface area contributed by atoms with Crippen molar-refractivity contribution in [1.82, 2.24) is 0 Å². The van der Waals surface area contributed by atoms with Gasteiger partial charge in [-0.05, 0) is 41.9 Å². The molecule has 88 valence electrons. The molecule has 0 aromatic heterocycles. The number of hydrogen-bond acceptors (Lipinski definition) is 1. The molecule has 0 saturated heterocycles. The van der Waals surface area contributed by atoms with Crippen molar-refractivity contribution in [2.24, 2.45) is 28.6 Å². The van der Waals surface area contributed by atoms with Crippen LogP contribution < -0.4 is 0 Å². The van der Waals surface area contributed by atoms with Gasteiger partial charge in [0.1, 0.15) is 5.78 Å². The average Bonchev–Trinajstić information content (AvgIpc) is 2.75. The molecule has 1 nitrogen and oxygen atoms in total. The molecule has 3 aliphatic carbocycles. The molecule has 0 amide bonds. The Morgan fingerprint density at radius 3 is 2.75 bits per heavy atom. The van der Waals surface area contributed by atoms with Gasteiger partial charge in [-0.15, -0.1) is 0 Å². The fraction of sp³-hybridized carbons (Fsp3) is 0.800. The van der Waals surface area contributed by atoms with Crippen LogP contribution >= 0.6 is 0 Å². The minimum atomic E-state index is 0.259. The molecule has 4 atom stereocenters. The number of fused-ring (bicyclic) bond motifs is 1. The van der Waals surface area contributed by atoms with E-state index in [2.05, 4.69) is 27.4 Å². The van der Waals surface area contributed by atoms with Gasteiger partial charge in [0, 0.05) is 12.3 Å². The van der Waals surface area contributed by atoms with Gasteiger partial charge in [-0.3, -0.25) is 4.79 Å². The van der Waals surface area contributed by atoms with Gasteiger partial charge in [-0.25, -0.2) is 0 Å². The minimum Gasteiger partial charge on any atom is -0.299 e. The lowest BCUT2D eigenvalue weighted by atomic mass is 9.56. The first-order valence-electron chi connectivity index (χ1n) is 6.61. The monoisotopic (exact) mass is 218 g/mol. The Balaban J connectivity index is 2.10. The maximum atomic E-state index is 12.0. The van der Waals surface area contributed by atoms with E-state index in [1.54, 1.807) is 0 Å². The number of allylic oxidation sites excluding steroid dienone is 1. The summed E-state index contributed by atoms with van der Waals surface area (Å²) in [5, 5.41) is 0. The molecule has 1 heteroatoms. The summed E-state index contributed by atoms with van der Waals surface area (Å²) in [6.45, 7) is 11.2. The lowest BCUT2D eigenvalue weighted by Gasteiger charge is -2.48. The van der Waals surface area contributed by atoms with Crippen LogP contribution in [0.25, 0.3) is 0 Å². The van der Waals surface area contributed by atoms with Crippen LogP contribution in [0.2, 0.25) is 0 Å². The fourth-order valence-corrected chi connectivity index (χ4v) is 4.82. The molecule has 0 aromatic carbocycles. The molecule has 0 heterocycles. The van der Waals surface area contributed by atoms with Crippen molar-refractivity contribution in [3.8, 4) is 0 Å². The summed E-state index contributed by atoms with van der Waals surface area (Å²) < 4.78 is 0. The van der Waals surface area contributed by atoms with Gasteiger partial charge < -0.3 is 0 Å². The largest absolute Gasteiger partial charge is 0.299 e. The molecule has 3 aliphatic rings. The Kier molecular flexibility index (Phi) is 1.85. The Bertz CT molecular complexity index is 379. The van der Waals surface area contributed by atoms with Gasteiger partial charge in [0.15, 0.2) is 0 Å². The summed E-state index contributed by atoms with van der Waals surface area (Å²) >= 11 is 0. The smallest absolute Gasteiger partial charge is 0.136 e. The van der Waals surface area contributed by atoms with Crippen molar-refractivity contribution in [2.45, 2.75) is 46.5 Å². The highest BCUT2D eigenvalue weighted by atomic mass is 16.1. The highest BCUT2D eigenvalue weighted by Gasteiger charge is 2.63. The summed E-state index contributed by atoms with van der Waals surface area (Å²) in [7, 11) is 0. The van der Waals surface area contributed by atoms with Crippen LogP contribution in [0.3, 0.4) is 0 Å². The van der Waals surface area contributed by atoms with E-state index in [9.17, 15) is 4.79 Å². The first-order valence-corrected chi connectivity index (χ1v) is 6.61. The molecule has 0 radical (unpaired) electrons. The van der Waals surface area contributed by atoms with Gasteiger partial charge in [0.05, 0.1) is 0 Å². The lowest BCUT2D eigenvalue weighted by molar-refractivity contribution is -0.121. The van der Waals surface area contributed by atoms with Crippen LogP contribution in [0.15, 0.2) is 12.2 Å². The first-order chi connectivity index (χ1) is 7.39. The van der Waals surface area contributed by atoms with Crippen molar-refractivity contribution in [2.75, 3.05) is 0 Å². The van der Waals surface area contributed by atoms with Crippen molar-refractivity contribution in [1.29, 1.82) is 0 Å². The van der Waals surface area contributed by atoms with Crippen LogP contribution in [0, 0.1) is 28.6 Å². The summed E-state index contributed by atoms with van der Waals surface area (Å²) in [5.41, 5.74) is 1.95. The van der Waals surface area contributed by atoms with Crippen LogP contribution in [-0.2, 0) is 4.79 Å². The van der Waals surface area contributed by atoms with Crippen LogP contribution in [0.4, 0.5) is 0 Å². The molecule has 2 bridgehead atoms. The van der Waals surface area contributed by atoms with Gasteiger partial charge in [-0.1, -0.05) is 32.9 Å². The van der Waals surface area contributed by atoms with Crippen LogP contribution in [-0.4, -0.2) is 5.78 Å². The van der Waals surface area contributed by atoms with E-state index in [1.807, 2.05) is 0 Å². The molecule has 0 aromatic rings. The number of Topliss-reactive ketones (excluding diaryl/α,β-unsaturated/α-hetero) is 1. The van der Waals surface area contributed by atoms with E-state index in [4.69, 9.17) is 0 Å². The molecule has 3 rings (SSSR count). The zero-order valence-corrected chi connectivity index (χ0v) is 10.7. The molecule has 3 fully saturated rings. The zero-order chi connectivity index (χ0) is 11.7. The van der Waals surface area contributed by atoms with E-state index in [-0.39, 0.29) is 11.3 Å². The highest BCUT2D eigenvalue weighted by Crippen LogP contribution is 2.69. The lowest BCUT2D eigenvalue weighted by Crippen LogP contribution is -2.40. The summed E-state index contributed by atoms with van der Waals surface area (Å²) in [6, 6.07) is 0. The van der Waals surface area contributed by atoms with Crippen molar-refractivity contribution < 1.29 is 4.79 Å². The first kappa shape index (κ1) is 10.6. The number of ketones is 1. The summed E-state index contributed by atoms with van der Waals surface area (Å²) in [4.78, 5) is 12.0. The summed E-state index contributed by atoms with van der Waals surface area (Å²) in [6.07, 6.45) is 4.62. The Labute approximate surface area is 98.3 Å². The number of hydrogen-bond donors (Lipinski definition) is 0. The number of carbonyl (C=O) groups excluding carboxylic acids is 1. The van der Waals surface area contributed by atoms with Gasteiger partial charge in [0.2, 0.25) is 0 Å². The molecule has 1 spiro atoms. The maximum Gasteiger partial charge on any atom is 0.136 e. The second-order valence-electron chi connectivity index (χ2n) is 6.86. The Morgan fingerprint density at radius 2 is 2.06 bits per heavy atom. The molecule has 4 unspecified atom stereocenters. The normalized spacial score (nSPS) is 49.6. The molecular weight excluding hydrogens is 196 g/mol. The maximum absolute atomic E-state index is 12.0. The zero-order valence-electron chi connectivity index (χ0n) is 10.7. The third-order valence-electron chi connectivity index (χ3n) is 6.30. The molecule has 3 saturated carbocycles. The van der Waals surface area contributed by atoms with Gasteiger partial charge >= 0.3 is 0 Å². The number of rotatable bonds is 0. The number of carbonyl (C=O) groups is 1. The third kappa shape index (κ3) is 0.959. The molecule has 0 aliphatic heterocycles. The predicted molar refractivity (Wildman–Crippen MR) is 65.0 cm³/mol.